The van der Waals surface area contributed by atoms with Crippen molar-refractivity contribution in [3.8, 4) is 16.9 Å². The molecule has 0 saturated carbocycles. The molecule has 7 nitrogen and oxygen atoms in total. The summed E-state index contributed by atoms with van der Waals surface area (Å²) in [5.74, 6) is -0.442. The largest absolute Gasteiger partial charge is 0.508 e. The number of aromatic hydroxyl groups is 1. The molecule has 1 N–H and O–H groups in total. The molecule has 1 aliphatic rings. The van der Waals surface area contributed by atoms with E-state index >= 15 is 0 Å². The molecule has 3 aromatic rings. The summed E-state index contributed by atoms with van der Waals surface area (Å²) in [7, 11) is 1.71. The molecule has 4 rings (SSSR count). The number of phenolic OH excluding ortho intramolecular Hbond substituents is 1. The van der Waals surface area contributed by atoms with Gasteiger partial charge in [-0.2, -0.15) is 0 Å². The Hall–Kier alpha value is -3.26. The second kappa shape index (κ2) is 8.62. The van der Waals surface area contributed by atoms with Crippen LogP contribution in [0.25, 0.3) is 11.1 Å². The number of halogens is 1. The van der Waals surface area contributed by atoms with Crippen molar-refractivity contribution in [1.29, 1.82) is 0 Å². The van der Waals surface area contributed by atoms with Crippen LogP contribution in [0.15, 0.2) is 48.8 Å². The van der Waals surface area contributed by atoms with Crippen LogP contribution in [0, 0.1) is 5.82 Å². The fourth-order valence-corrected chi connectivity index (χ4v) is 3.69. The second-order valence-corrected chi connectivity index (χ2v) is 7.38. The van der Waals surface area contributed by atoms with Gasteiger partial charge in [0, 0.05) is 38.4 Å². The van der Waals surface area contributed by atoms with Gasteiger partial charge in [0.05, 0.1) is 0 Å². The molecule has 156 valence electrons. The number of hydrogen-bond acceptors (Lipinski definition) is 5. The summed E-state index contributed by atoms with van der Waals surface area (Å²) in [6.07, 6.45) is 2.94. The lowest BCUT2D eigenvalue weighted by Crippen LogP contribution is -2.43. The van der Waals surface area contributed by atoms with Crippen LogP contribution in [0.4, 0.5) is 4.39 Å². The van der Waals surface area contributed by atoms with Crippen molar-refractivity contribution in [2.75, 3.05) is 13.2 Å². The number of nitrogens with zero attached hydrogens (tertiary/aromatic N) is 4. The van der Waals surface area contributed by atoms with Crippen molar-refractivity contribution in [2.24, 2.45) is 7.05 Å². The first-order chi connectivity index (χ1) is 14.5. The molecule has 0 spiro atoms. The number of aryl methyl sites for hydroxylation is 1. The average Bonchev–Trinajstić information content (AvgIpc) is 3.19. The number of rotatable bonds is 5. The van der Waals surface area contributed by atoms with Gasteiger partial charge >= 0.3 is 0 Å². The Morgan fingerprint density at radius 1 is 1.27 bits per heavy atom. The molecule has 1 aliphatic heterocycles. The van der Waals surface area contributed by atoms with Crippen LogP contribution >= 0.6 is 0 Å². The minimum Gasteiger partial charge on any atom is -0.508 e. The van der Waals surface area contributed by atoms with E-state index in [9.17, 15) is 14.3 Å². The molecule has 30 heavy (non-hydrogen) atoms. The topological polar surface area (TPSA) is 80.5 Å². The Kier molecular flexibility index (Phi) is 5.76. The third kappa shape index (κ3) is 4.33. The van der Waals surface area contributed by atoms with E-state index in [1.165, 1.54) is 29.2 Å². The van der Waals surface area contributed by atoms with Gasteiger partial charge in [-0.1, -0.05) is 18.2 Å². The number of aromatic nitrogens is 3. The van der Waals surface area contributed by atoms with Gasteiger partial charge in [0.1, 0.15) is 17.9 Å². The van der Waals surface area contributed by atoms with Crippen LogP contribution in [0.1, 0.15) is 29.0 Å². The Balaban J connectivity index is 1.65. The zero-order valence-electron chi connectivity index (χ0n) is 16.7. The van der Waals surface area contributed by atoms with E-state index in [4.69, 9.17) is 4.74 Å². The highest BCUT2D eigenvalue weighted by Gasteiger charge is 2.29. The maximum Gasteiger partial charge on any atom is 0.294 e. The van der Waals surface area contributed by atoms with Crippen molar-refractivity contribution in [3.63, 3.8) is 0 Å². The van der Waals surface area contributed by atoms with Crippen LogP contribution in [0.5, 0.6) is 5.75 Å². The number of hydrogen-bond donors (Lipinski definition) is 1. The molecule has 1 aromatic heterocycles. The zero-order chi connectivity index (χ0) is 21.1. The van der Waals surface area contributed by atoms with E-state index < -0.39 is 0 Å². The highest BCUT2D eigenvalue weighted by atomic mass is 19.1. The second-order valence-electron chi connectivity index (χ2n) is 7.38. The Labute approximate surface area is 173 Å². The van der Waals surface area contributed by atoms with E-state index in [-0.39, 0.29) is 29.3 Å². The molecule has 1 fully saturated rings. The summed E-state index contributed by atoms with van der Waals surface area (Å²) in [6, 6.07) is 11.2. The van der Waals surface area contributed by atoms with E-state index in [1.54, 1.807) is 36.2 Å². The van der Waals surface area contributed by atoms with Gasteiger partial charge in [-0.05, 0) is 48.2 Å². The normalized spacial score (nSPS) is 14.6. The molecule has 1 saturated heterocycles. The molecule has 0 unspecified atom stereocenters. The lowest BCUT2D eigenvalue weighted by Gasteiger charge is -2.33. The summed E-state index contributed by atoms with van der Waals surface area (Å²) in [6.45, 7) is 1.47. The fourth-order valence-electron chi connectivity index (χ4n) is 3.69. The average molecular weight is 410 g/mol. The zero-order valence-corrected chi connectivity index (χ0v) is 16.7. The maximum absolute atomic E-state index is 14.5. The highest BCUT2D eigenvalue weighted by Crippen LogP contribution is 2.28. The SMILES string of the molecule is Cn1cnc(C(=O)N(Cc2ccc(F)c(-c3cccc(O)c3)c2)C2CCOCC2)n1. The smallest absolute Gasteiger partial charge is 0.294 e. The van der Waals surface area contributed by atoms with Crippen molar-refractivity contribution in [3.05, 3.63) is 66.0 Å². The number of carbonyl (C=O) groups is 1. The number of phenols is 1. The number of carbonyl (C=O) groups excluding carboxylic acids is 1. The lowest BCUT2D eigenvalue weighted by atomic mass is 10.0. The number of ether oxygens (including phenoxy) is 1. The lowest BCUT2D eigenvalue weighted by molar-refractivity contribution is 0.0260. The minimum absolute atomic E-state index is 0.00988. The Morgan fingerprint density at radius 3 is 2.77 bits per heavy atom. The quantitative estimate of drug-likeness (QED) is 0.699. The highest BCUT2D eigenvalue weighted by molar-refractivity contribution is 5.90. The van der Waals surface area contributed by atoms with Crippen molar-refractivity contribution >= 4 is 5.91 Å². The van der Waals surface area contributed by atoms with Crippen molar-refractivity contribution in [1.82, 2.24) is 19.7 Å². The predicted molar refractivity (Wildman–Crippen MR) is 108 cm³/mol. The third-order valence-corrected chi connectivity index (χ3v) is 5.22. The van der Waals surface area contributed by atoms with Crippen LogP contribution in [-0.2, 0) is 18.3 Å². The number of amides is 1. The fraction of sp³-hybridized carbons (Fsp3) is 0.318. The first-order valence-corrected chi connectivity index (χ1v) is 9.83. The van der Waals surface area contributed by atoms with E-state index in [1.807, 2.05) is 0 Å². The standard InChI is InChI=1S/C22H23FN4O3/c1-26-14-24-21(25-26)22(29)27(17-7-9-30-10-8-17)13-15-5-6-20(23)19(11-15)16-3-2-4-18(28)12-16/h2-6,11-12,14,17,28H,7-10,13H2,1H3. The summed E-state index contributed by atoms with van der Waals surface area (Å²) >= 11 is 0. The Morgan fingerprint density at radius 2 is 2.07 bits per heavy atom. The van der Waals surface area contributed by atoms with Gasteiger partial charge in [-0.25, -0.2) is 9.37 Å². The molecule has 0 aliphatic carbocycles. The first-order valence-electron chi connectivity index (χ1n) is 9.83. The maximum atomic E-state index is 14.5. The molecular formula is C22H23FN4O3. The molecule has 0 radical (unpaired) electrons. The molecular weight excluding hydrogens is 387 g/mol. The number of benzene rings is 2. The van der Waals surface area contributed by atoms with Crippen molar-refractivity contribution in [2.45, 2.75) is 25.4 Å². The summed E-state index contributed by atoms with van der Waals surface area (Å²) in [5.41, 5.74) is 1.73. The van der Waals surface area contributed by atoms with E-state index in [0.717, 1.165) is 18.4 Å². The van der Waals surface area contributed by atoms with Gasteiger partial charge in [-0.15, -0.1) is 5.10 Å². The van der Waals surface area contributed by atoms with Gasteiger partial charge < -0.3 is 14.7 Å². The van der Waals surface area contributed by atoms with Crippen LogP contribution < -0.4 is 0 Å². The van der Waals surface area contributed by atoms with Gasteiger partial charge in [0.25, 0.3) is 5.91 Å². The Bertz CT molecular complexity index is 1050. The van der Waals surface area contributed by atoms with Crippen molar-refractivity contribution < 1.29 is 19.0 Å². The molecule has 0 atom stereocenters. The van der Waals surface area contributed by atoms with Gasteiger partial charge in [0.15, 0.2) is 0 Å². The summed E-state index contributed by atoms with van der Waals surface area (Å²) in [5, 5.41) is 13.9. The van der Waals surface area contributed by atoms with Crippen LogP contribution in [-0.4, -0.2) is 49.9 Å². The molecule has 2 aromatic carbocycles. The van der Waals surface area contributed by atoms with E-state index in [2.05, 4.69) is 10.1 Å². The van der Waals surface area contributed by atoms with Gasteiger partial charge in [-0.3, -0.25) is 9.48 Å². The minimum atomic E-state index is -0.389. The van der Waals surface area contributed by atoms with Crippen LogP contribution in [0.2, 0.25) is 0 Å². The third-order valence-electron chi connectivity index (χ3n) is 5.22. The van der Waals surface area contributed by atoms with E-state index in [0.29, 0.717) is 30.9 Å². The molecule has 2 heterocycles. The molecule has 8 heteroatoms. The molecule has 1 amide bonds. The van der Waals surface area contributed by atoms with Crippen LogP contribution in [0.3, 0.4) is 0 Å². The summed E-state index contributed by atoms with van der Waals surface area (Å²) < 4.78 is 21.4. The summed E-state index contributed by atoms with van der Waals surface area (Å²) in [4.78, 5) is 19.0. The first kappa shape index (κ1) is 20.0. The predicted octanol–water partition coefficient (Wildman–Crippen LogP) is 3.15. The molecule has 0 bridgehead atoms. The van der Waals surface area contributed by atoms with Gasteiger partial charge in [0.2, 0.25) is 5.82 Å². The monoisotopic (exact) mass is 410 g/mol.